The van der Waals surface area contributed by atoms with Crippen molar-refractivity contribution in [2.24, 2.45) is 5.92 Å². The Labute approximate surface area is 117 Å². The summed E-state index contributed by atoms with van der Waals surface area (Å²) in [7, 11) is 0. The number of ketones is 1. The second-order valence-corrected chi connectivity index (χ2v) is 4.00. The predicted octanol–water partition coefficient (Wildman–Crippen LogP) is -1.49. The number of Topliss-reactive ketones (excluding diaryl/α,β-unsaturated/α-hetero) is 1. The molecule has 1 atom stereocenters. The van der Waals surface area contributed by atoms with Crippen molar-refractivity contribution in [3.8, 4) is 0 Å². The van der Waals surface area contributed by atoms with Crippen LogP contribution in [0.4, 0.5) is 0 Å². The quantitative estimate of drug-likeness (QED) is 0.510. The summed E-state index contributed by atoms with van der Waals surface area (Å²) < 4.78 is 0. The fourth-order valence-corrected chi connectivity index (χ4v) is 1.47. The number of hydrogen-bond donors (Lipinski definition) is 2. The fourth-order valence-electron chi connectivity index (χ4n) is 1.29. The normalized spacial score (nSPS) is 10.9. The fraction of sp³-hybridized carbons (Fsp3) is 0.250. The van der Waals surface area contributed by atoms with Gasteiger partial charge in [0.05, 0.1) is 10.9 Å². The van der Waals surface area contributed by atoms with Crippen molar-refractivity contribution in [3.63, 3.8) is 0 Å². The highest BCUT2D eigenvalue weighted by atomic mass is 35.5. The van der Waals surface area contributed by atoms with Gasteiger partial charge in [0.2, 0.25) is 0 Å². The molecule has 0 amide bonds. The van der Waals surface area contributed by atoms with Crippen LogP contribution in [0.3, 0.4) is 0 Å². The molecule has 0 aromatic heterocycles. The number of carboxylic acids is 1. The van der Waals surface area contributed by atoms with Crippen molar-refractivity contribution in [1.29, 1.82) is 0 Å². The third-order valence-electron chi connectivity index (χ3n) is 2.26. The maximum Gasteiger partial charge on any atom is 0.322 e. The van der Waals surface area contributed by atoms with Gasteiger partial charge in [-0.05, 0) is 6.92 Å². The minimum atomic E-state index is -1.01. The van der Waals surface area contributed by atoms with E-state index in [2.05, 4.69) is 5.32 Å². The van der Waals surface area contributed by atoms with Crippen LogP contribution in [-0.2, 0) is 4.79 Å². The molecule has 0 fully saturated rings. The monoisotopic (exact) mass is 286 g/mol. The Morgan fingerprint density at radius 2 is 1.89 bits per heavy atom. The SMILES string of the molecule is CC(C(=O)c1ccccc1)C(=S)NCC(=O)O.[Cl-]. The largest absolute Gasteiger partial charge is 1.00 e. The van der Waals surface area contributed by atoms with E-state index in [1.54, 1.807) is 31.2 Å². The first-order valence-electron chi connectivity index (χ1n) is 5.11. The van der Waals surface area contributed by atoms with E-state index in [1.807, 2.05) is 6.07 Å². The van der Waals surface area contributed by atoms with Gasteiger partial charge in [-0.15, -0.1) is 0 Å². The van der Waals surface area contributed by atoms with Crippen molar-refractivity contribution < 1.29 is 27.1 Å². The van der Waals surface area contributed by atoms with E-state index in [-0.39, 0.29) is 29.7 Å². The lowest BCUT2D eigenvalue weighted by Crippen LogP contribution is -3.00. The number of carbonyl (C=O) groups excluding carboxylic acids is 1. The Bertz CT molecular complexity index is 436. The molecule has 2 N–H and O–H groups in total. The molecule has 0 spiro atoms. The van der Waals surface area contributed by atoms with Crippen molar-refractivity contribution in [3.05, 3.63) is 35.9 Å². The average Bonchev–Trinajstić information content (AvgIpc) is 2.35. The highest BCUT2D eigenvalue weighted by Crippen LogP contribution is 2.09. The molecule has 18 heavy (non-hydrogen) atoms. The molecule has 0 heterocycles. The van der Waals surface area contributed by atoms with Crippen molar-refractivity contribution in [2.45, 2.75) is 6.92 Å². The summed E-state index contributed by atoms with van der Waals surface area (Å²) in [6.45, 7) is 1.39. The molecule has 0 aliphatic heterocycles. The highest BCUT2D eigenvalue weighted by Gasteiger charge is 2.19. The summed E-state index contributed by atoms with van der Waals surface area (Å²) in [5.74, 6) is -1.65. The van der Waals surface area contributed by atoms with Gasteiger partial charge in [0.15, 0.2) is 5.78 Å². The molecular formula is C12H13ClNO3S-. The zero-order valence-corrected chi connectivity index (χ0v) is 11.3. The van der Waals surface area contributed by atoms with Gasteiger partial charge in [-0.1, -0.05) is 42.5 Å². The Morgan fingerprint density at radius 3 is 2.39 bits per heavy atom. The number of thiocarbonyl (C=S) groups is 1. The molecule has 0 bridgehead atoms. The molecular weight excluding hydrogens is 274 g/mol. The van der Waals surface area contributed by atoms with Gasteiger partial charge in [-0.25, -0.2) is 0 Å². The van der Waals surface area contributed by atoms with E-state index in [0.29, 0.717) is 5.56 Å². The maximum absolute atomic E-state index is 12.0. The van der Waals surface area contributed by atoms with Crippen molar-refractivity contribution in [1.82, 2.24) is 5.32 Å². The van der Waals surface area contributed by atoms with Gasteiger partial charge in [-0.2, -0.15) is 0 Å². The van der Waals surface area contributed by atoms with E-state index in [4.69, 9.17) is 17.3 Å². The molecule has 1 aromatic carbocycles. The molecule has 98 valence electrons. The smallest absolute Gasteiger partial charge is 0.322 e. The van der Waals surface area contributed by atoms with Crippen LogP contribution >= 0.6 is 12.2 Å². The molecule has 1 rings (SSSR count). The zero-order valence-electron chi connectivity index (χ0n) is 9.72. The molecule has 6 heteroatoms. The second kappa shape index (κ2) is 7.79. The number of carboxylic acid groups (broad SMARTS) is 1. The average molecular weight is 287 g/mol. The number of benzene rings is 1. The predicted molar refractivity (Wildman–Crippen MR) is 68.2 cm³/mol. The van der Waals surface area contributed by atoms with Gasteiger partial charge in [0.1, 0.15) is 6.54 Å². The molecule has 1 unspecified atom stereocenters. The number of nitrogens with one attached hydrogen (secondary N) is 1. The number of carbonyl (C=O) groups is 2. The summed E-state index contributed by atoms with van der Waals surface area (Å²) >= 11 is 4.98. The molecule has 0 aliphatic rings. The number of aliphatic carboxylic acids is 1. The minimum Gasteiger partial charge on any atom is -1.00 e. The summed E-state index contributed by atoms with van der Waals surface area (Å²) in [6, 6.07) is 8.78. The van der Waals surface area contributed by atoms with E-state index >= 15 is 0 Å². The third kappa shape index (κ3) is 4.81. The molecule has 0 saturated heterocycles. The zero-order chi connectivity index (χ0) is 12.8. The van der Waals surface area contributed by atoms with Crippen LogP contribution in [0.5, 0.6) is 0 Å². The Kier molecular flexibility index (Phi) is 7.16. The van der Waals surface area contributed by atoms with Crippen LogP contribution in [0.15, 0.2) is 30.3 Å². The van der Waals surface area contributed by atoms with Crippen LogP contribution in [0.2, 0.25) is 0 Å². The minimum absolute atomic E-state index is 0. The molecule has 0 saturated carbocycles. The van der Waals surface area contributed by atoms with Crippen LogP contribution < -0.4 is 17.7 Å². The lowest BCUT2D eigenvalue weighted by Gasteiger charge is -2.12. The summed E-state index contributed by atoms with van der Waals surface area (Å²) in [6.07, 6.45) is 0. The van der Waals surface area contributed by atoms with Crippen LogP contribution in [0, 0.1) is 5.92 Å². The van der Waals surface area contributed by atoms with E-state index < -0.39 is 11.9 Å². The molecule has 4 nitrogen and oxygen atoms in total. The lowest BCUT2D eigenvalue weighted by molar-refractivity contribution is -0.135. The number of halogens is 1. The molecule has 1 aromatic rings. The van der Waals surface area contributed by atoms with Gasteiger partial charge in [0.25, 0.3) is 0 Å². The van der Waals surface area contributed by atoms with Crippen molar-refractivity contribution in [2.75, 3.05) is 6.54 Å². The topological polar surface area (TPSA) is 66.4 Å². The van der Waals surface area contributed by atoms with Crippen LogP contribution in [0.25, 0.3) is 0 Å². The van der Waals surface area contributed by atoms with Crippen LogP contribution in [-0.4, -0.2) is 28.4 Å². The van der Waals surface area contributed by atoms with E-state index in [9.17, 15) is 9.59 Å². The maximum atomic E-state index is 12.0. The highest BCUT2D eigenvalue weighted by molar-refractivity contribution is 7.80. The van der Waals surface area contributed by atoms with Crippen LogP contribution in [0.1, 0.15) is 17.3 Å². The Morgan fingerprint density at radius 1 is 1.33 bits per heavy atom. The first kappa shape index (κ1) is 16.5. The van der Waals surface area contributed by atoms with Gasteiger partial charge >= 0.3 is 5.97 Å². The van der Waals surface area contributed by atoms with E-state index in [1.165, 1.54) is 0 Å². The summed E-state index contributed by atoms with van der Waals surface area (Å²) in [5, 5.41) is 11.0. The third-order valence-corrected chi connectivity index (χ3v) is 2.76. The number of hydrogen-bond acceptors (Lipinski definition) is 3. The van der Waals surface area contributed by atoms with Gasteiger partial charge in [-0.3, -0.25) is 9.59 Å². The van der Waals surface area contributed by atoms with E-state index in [0.717, 1.165) is 0 Å². The Balaban J connectivity index is 0.00000289. The number of rotatable bonds is 5. The summed E-state index contributed by atoms with van der Waals surface area (Å²) in [5.41, 5.74) is 0.569. The van der Waals surface area contributed by atoms with Gasteiger partial charge in [0, 0.05) is 5.56 Å². The summed E-state index contributed by atoms with van der Waals surface area (Å²) in [4.78, 5) is 22.6. The first-order valence-corrected chi connectivity index (χ1v) is 5.52. The standard InChI is InChI=1S/C12H13NO3S.ClH/c1-8(12(17)13-7-10(14)15)11(16)9-5-3-2-4-6-9;/h2-6,8H,7H2,1H3,(H,13,17)(H,14,15);1H/p-1. The Hall–Kier alpha value is -1.46. The molecule has 0 radical (unpaired) electrons. The van der Waals surface area contributed by atoms with Crippen molar-refractivity contribution >= 4 is 29.0 Å². The van der Waals surface area contributed by atoms with Gasteiger partial charge < -0.3 is 22.8 Å². The first-order chi connectivity index (χ1) is 8.02. The second-order valence-electron chi connectivity index (χ2n) is 3.56. The lowest BCUT2D eigenvalue weighted by atomic mass is 9.99. The molecule has 0 aliphatic carbocycles.